The molecule has 3 nitrogen and oxygen atoms in total. The van der Waals surface area contributed by atoms with Gasteiger partial charge < -0.3 is 4.79 Å². The molecule has 0 radical (unpaired) electrons. The summed E-state index contributed by atoms with van der Waals surface area (Å²) in [7, 11) is -3.08. The third-order valence-electron chi connectivity index (χ3n) is 8.32. The van der Waals surface area contributed by atoms with E-state index in [9.17, 15) is 13.2 Å². The molecule has 1 heterocycles. The second-order valence-electron chi connectivity index (χ2n) is 10.0. The maximum atomic E-state index is 13.0. The zero-order chi connectivity index (χ0) is 19.4. The summed E-state index contributed by atoms with van der Waals surface area (Å²) in [6.07, 6.45) is 11.9. The van der Waals surface area contributed by atoms with E-state index in [2.05, 4.69) is 26.8 Å². The van der Waals surface area contributed by atoms with Gasteiger partial charge in [-0.1, -0.05) is 38.0 Å². The molecule has 4 heteroatoms. The lowest BCUT2D eigenvalue weighted by Crippen LogP contribution is -2.36. The second-order valence-corrected chi connectivity index (χ2v) is 12.2. The lowest BCUT2D eigenvalue weighted by molar-refractivity contribution is -0.113. The lowest BCUT2D eigenvalue weighted by atomic mass is 9.61. The second kappa shape index (κ2) is 6.86. The van der Waals surface area contributed by atoms with Crippen LogP contribution in [0, 0.1) is 29.1 Å². The van der Waals surface area contributed by atoms with E-state index in [1.54, 1.807) is 0 Å². The van der Waals surface area contributed by atoms with E-state index in [0.717, 1.165) is 51.2 Å². The van der Waals surface area contributed by atoms with Gasteiger partial charge in [-0.2, -0.15) is 0 Å². The third-order valence-corrected chi connectivity index (χ3v) is 10.3. The fourth-order valence-electron chi connectivity index (χ4n) is 6.87. The monoisotopic (exact) mass is 390 g/mol. The number of hydrogen-bond acceptors (Lipinski definition) is 3. The number of rotatable bonds is 3. The highest BCUT2D eigenvalue weighted by atomic mass is 32.2. The number of sulfone groups is 1. The molecule has 4 rings (SSSR count). The van der Waals surface area contributed by atoms with E-state index < -0.39 is 9.84 Å². The van der Waals surface area contributed by atoms with Crippen molar-refractivity contribution in [1.29, 1.82) is 0 Å². The van der Waals surface area contributed by atoms with Crippen LogP contribution >= 0.6 is 0 Å². The largest absolute Gasteiger partial charge is 0.303 e. The van der Waals surface area contributed by atoms with E-state index in [1.807, 2.05) is 0 Å². The quantitative estimate of drug-likeness (QED) is 0.510. The molecule has 0 aromatic heterocycles. The minimum Gasteiger partial charge on any atom is -0.303 e. The molecule has 0 aromatic rings. The van der Waals surface area contributed by atoms with Gasteiger partial charge in [-0.15, -0.1) is 0 Å². The van der Waals surface area contributed by atoms with Crippen molar-refractivity contribution in [3.63, 3.8) is 0 Å². The van der Waals surface area contributed by atoms with Gasteiger partial charge in [0.1, 0.15) is 11.5 Å². The molecule has 1 aliphatic heterocycles. The van der Waals surface area contributed by atoms with Crippen LogP contribution in [0.4, 0.5) is 0 Å². The molecule has 1 unspecified atom stereocenters. The molecule has 3 aliphatic carbocycles. The minimum absolute atomic E-state index is 0.100. The summed E-state index contributed by atoms with van der Waals surface area (Å²) in [6, 6.07) is 0. The Kier molecular flexibility index (Phi) is 4.93. The molecule has 2 fully saturated rings. The Morgan fingerprint density at radius 1 is 1.19 bits per heavy atom. The van der Waals surface area contributed by atoms with Crippen LogP contribution in [0.5, 0.6) is 0 Å². The topological polar surface area (TPSA) is 51.2 Å². The van der Waals surface area contributed by atoms with Crippen LogP contribution in [-0.4, -0.2) is 25.7 Å². The molecule has 0 N–H and O–H groups in total. The first-order valence-electron chi connectivity index (χ1n) is 10.8. The fourth-order valence-corrected chi connectivity index (χ4v) is 8.94. The van der Waals surface area contributed by atoms with E-state index in [1.165, 1.54) is 23.1 Å². The molecule has 0 amide bonds. The number of carbonyl (C=O) groups excluding carboxylic acids is 1. The third kappa shape index (κ3) is 3.16. The molecule has 27 heavy (non-hydrogen) atoms. The van der Waals surface area contributed by atoms with Crippen molar-refractivity contribution in [3.05, 3.63) is 22.8 Å². The zero-order valence-corrected chi connectivity index (χ0v) is 17.9. The van der Waals surface area contributed by atoms with Gasteiger partial charge in [-0.3, -0.25) is 0 Å². The van der Waals surface area contributed by atoms with Gasteiger partial charge in [0.15, 0.2) is 9.84 Å². The van der Waals surface area contributed by atoms with Crippen LogP contribution in [0.25, 0.3) is 0 Å². The summed E-state index contributed by atoms with van der Waals surface area (Å²) in [5, 5.41) is -0.366. The van der Waals surface area contributed by atoms with Crippen molar-refractivity contribution in [3.8, 4) is 0 Å². The predicted molar refractivity (Wildman–Crippen MR) is 109 cm³/mol. The molecule has 150 valence electrons. The van der Waals surface area contributed by atoms with E-state index in [4.69, 9.17) is 0 Å². The summed E-state index contributed by atoms with van der Waals surface area (Å²) >= 11 is 0. The average Bonchev–Trinajstić information content (AvgIpc) is 3.09. The molecular weight excluding hydrogens is 356 g/mol. The molecule has 6 atom stereocenters. The fraction of sp³-hybridized carbons (Fsp3) is 0.783. The summed E-state index contributed by atoms with van der Waals surface area (Å²) < 4.78 is 25.9. The Morgan fingerprint density at radius 2 is 1.96 bits per heavy atom. The van der Waals surface area contributed by atoms with Crippen LogP contribution in [-0.2, 0) is 14.6 Å². The maximum Gasteiger partial charge on any atom is 0.164 e. The van der Waals surface area contributed by atoms with Gasteiger partial charge in [0.05, 0.1) is 5.75 Å². The highest BCUT2D eigenvalue weighted by molar-refractivity contribution is 7.92. The van der Waals surface area contributed by atoms with Gasteiger partial charge in [0, 0.05) is 5.92 Å². The Labute approximate surface area is 164 Å². The molecule has 0 spiro atoms. The van der Waals surface area contributed by atoms with Crippen LogP contribution in [0.2, 0.25) is 0 Å². The number of aldehydes is 1. The zero-order valence-electron chi connectivity index (χ0n) is 17.0. The number of hydrogen-bond donors (Lipinski definition) is 0. The normalized spacial score (nSPS) is 43.4. The molecular formula is C23H34O3S. The Bertz CT molecular complexity index is 790. The van der Waals surface area contributed by atoms with Gasteiger partial charge in [0.2, 0.25) is 0 Å². The number of allylic oxidation sites excluding steroid dienone is 1. The first-order valence-corrected chi connectivity index (χ1v) is 12.6. The lowest BCUT2D eigenvalue weighted by Gasteiger charge is -2.43. The summed E-state index contributed by atoms with van der Waals surface area (Å²) in [5.41, 5.74) is 3.98. The number of carbonyl (C=O) groups is 1. The Balaban J connectivity index is 1.67. The van der Waals surface area contributed by atoms with Gasteiger partial charge in [0.25, 0.3) is 0 Å². The van der Waals surface area contributed by atoms with Gasteiger partial charge in [-0.25, -0.2) is 8.42 Å². The highest BCUT2D eigenvalue weighted by Gasteiger charge is 2.51. The van der Waals surface area contributed by atoms with Gasteiger partial charge >= 0.3 is 0 Å². The molecule has 0 saturated heterocycles. The van der Waals surface area contributed by atoms with Crippen LogP contribution < -0.4 is 0 Å². The van der Waals surface area contributed by atoms with Crippen molar-refractivity contribution in [2.75, 3.05) is 5.75 Å². The summed E-state index contributed by atoms with van der Waals surface area (Å²) in [5.74, 6) is 1.88. The Morgan fingerprint density at radius 3 is 2.70 bits per heavy atom. The maximum absolute atomic E-state index is 13.0. The molecule has 0 aromatic carbocycles. The predicted octanol–water partition coefficient (Wildman–Crippen LogP) is 4.88. The smallest absolute Gasteiger partial charge is 0.164 e. The average molecular weight is 391 g/mol. The van der Waals surface area contributed by atoms with Crippen LogP contribution in [0.15, 0.2) is 22.8 Å². The molecule has 2 saturated carbocycles. The van der Waals surface area contributed by atoms with Crippen LogP contribution in [0.3, 0.4) is 0 Å². The first kappa shape index (κ1) is 19.4. The van der Waals surface area contributed by atoms with Crippen molar-refractivity contribution in [1.82, 2.24) is 0 Å². The van der Waals surface area contributed by atoms with Crippen LogP contribution in [0.1, 0.15) is 72.1 Å². The minimum atomic E-state index is -3.08. The van der Waals surface area contributed by atoms with Crippen molar-refractivity contribution in [2.45, 2.75) is 77.4 Å². The van der Waals surface area contributed by atoms with E-state index >= 15 is 0 Å². The molecule has 4 aliphatic rings. The van der Waals surface area contributed by atoms with Crippen molar-refractivity contribution < 1.29 is 13.2 Å². The Hall–Kier alpha value is -0.900. The highest BCUT2D eigenvalue weighted by Crippen LogP contribution is 2.59. The van der Waals surface area contributed by atoms with E-state index in [0.29, 0.717) is 17.8 Å². The summed E-state index contributed by atoms with van der Waals surface area (Å²) in [4.78, 5) is 11.4. The van der Waals surface area contributed by atoms with E-state index in [-0.39, 0.29) is 22.3 Å². The van der Waals surface area contributed by atoms with Gasteiger partial charge in [-0.05, 0) is 80.1 Å². The van der Waals surface area contributed by atoms with Crippen molar-refractivity contribution >= 4 is 16.1 Å². The standard InChI is InChI=1S/C23H34O3S/c1-15-6-7-18-14-27(25,26)22(19(18)11-15)12-17-5-4-10-23(3)20(16(2)13-24)8-9-21(17)23/h12-13,15-16,20-22H,4-11,14H2,1-3H3/b17-12+/t15-,16+,20?,21-,22+,23+/m0/s1. The van der Waals surface area contributed by atoms with Crippen molar-refractivity contribution in [2.24, 2.45) is 29.1 Å². The SMILES string of the molecule is C[C@H]1CCC2=C(C1)[C@@H](/C=C1\CCC[C@]3(C)C([C@H](C)C=O)CC[C@@H]13)S(=O)(=O)C2. The first-order chi connectivity index (χ1) is 12.8. The number of fused-ring (bicyclic) bond motifs is 1. The molecule has 0 bridgehead atoms. The summed E-state index contributed by atoms with van der Waals surface area (Å²) in [6.45, 7) is 6.67.